The molecule has 19 aromatic rings. The molecule has 12 aromatic carbocycles. The van der Waals surface area contributed by atoms with Crippen molar-refractivity contribution in [1.82, 2.24) is 38.6 Å². The minimum atomic E-state index is 0.844. The monoisotopic (exact) mass is 1190 g/mol. The zero-order chi connectivity index (χ0) is 61.3. The maximum Gasteiger partial charge on any atom is 0.145 e. The number of fused-ring (bicyclic) bond motifs is 1. The van der Waals surface area contributed by atoms with Crippen molar-refractivity contribution >= 4 is 76.2 Å². The van der Waals surface area contributed by atoms with Crippen molar-refractivity contribution in [3.05, 3.63) is 328 Å². The third kappa shape index (κ3) is 9.27. The Kier molecular flexibility index (Phi) is 12.7. The lowest BCUT2D eigenvalue weighted by Gasteiger charge is -2.13. The van der Waals surface area contributed by atoms with Gasteiger partial charge in [-0.1, -0.05) is 176 Å². The Morgan fingerprint density at radius 3 is 1.00 bits per heavy atom. The molecule has 0 aliphatic carbocycles. The van der Waals surface area contributed by atoms with E-state index in [0.29, 0.717) is 0 Å². The summed E-state index contributed by atoms with van der Waals surface area (Å²) >= 11 is 0. The van der Waals surface area contributed by atoms with Gasteiger partial charge in [-0.05, 0) is 182 Å². The molecule has 0 saturated heterocycles. The van der Waals surface area contributed by atoms with Crippen molar-refractivity contribution in [1.29, 1.82) is 0 Å². The molecule has 93 heavy (non-hydrogen) atoms. The summed E-state index contributed by atoms with van der Waals surface area (Å²) in [5, 5.41) is 10.4. The molecular formula is C85H54N8. The molecule has 0 aliphatic heterocycles. The Morgan fingerprint density at radius 2 is 0.570 bits per heavy atom. The predicted octanol–water partition coefficient (Wildman–Crippen LogP) is 21.3. The first-order valence-electron chi connectivity index (χ1n) is 31.3. The predicted molar refractivity (Wildman–Crippen MR) is 383 cm³/mol. The Hall–Kier alpha value is -12.7. The van der Waals surface area contributed by atoms with Crippen molar-refractivity contribution < 1.29 is 0 Å². The first-order valence-corrected chi connectivity index (χ1v) is 31.3. The van der Waals surface area contributed by atoms with Gasteiger partial charge < -0.3 is 9.13 Å². The Labute approximate surface area is 535 Å². The second-order valence-corrected chi connectivity index (χ2v) is 23.7. The summed E-state index contributed by atoms with van der Waals surface area (Å²) in [4.78, 5) is 23.6. The van der Waals surface area contributed by atoms with Crippen molar-refractivity contribution in [3.63, 3.8) is 0 Å². The Morgan fingerprint density at radius 1 is 0.215 bits per heavy atom. The van der Waals surface area contributed by atoms with E-state index >= 15 is 0 Å². The summed E-state index contributed by atoms with van der Waals surface area (Å²) in [5.41, 5.74) is 23.8. The molecule has 7 heterocycles. The minimum Gasteiger partial charge on any atom is -0.309 e. The minimum absolute atomic E-state index is 0.844. The Bertz CT molecular complexity index is 5680. The van der Waals surface area contributed by atoms with E-state index in [1.165, 1.54) is 82.0 Å². The highest BCUT2D eigenvalue weighted by Gasteiger charge is 2.20. The van der Waals surface area contributed by atoms with Crippen LogP contribution in [0, 0.1) is 0 Å². The van der Waals surface area contributed by atoms with Gasteiger partial charge in [-0.2, -0.15) is 0 Å². The fourth-order valence-corrected chi connectivity index (χ4v) is 13.9. The van der Waals surface area contributed by atoms with Crippen LogP contribution in [0.5, 0.6) is 0 Å². The maximum absolute atomic E-state index is 5.02. The lowest BCUT2D eigenvalue weighted by molar-refractivity contribution is 1.10. The van der Waals surface area contributed by atoms with E-state index in [1.54, 1.807) is 12.4 Å². The largest absolute Gasteiger partial charge is 0.309 e. The molecule has 0 unspecified atom stereocenters. The fourth-order valence-electron chi connectivity index (χ4n) is 13.9. The van der Waals surface area contributed by atoms with Gasteiger partial charge in [-0.3, -0.25) is 24.5 Å². The summed E-state index contributed by atoms with van der Waals surface area (Å²) < 4.78 is 7.03. The van der Waals surface area contributed by atoms with Crippen LogP contribution in [0.2, 0.25) is 0 Å². The third-order valence-corrected chi connectivity index (χ3v) is 18.3. The van der Waals surface area contributed by atoms with Crippen molar-refractivity contribution in [3.8, 4) is 95.7 Å². The van der Waals surface area contributed by atoms with Gasteiger partial charge in [0.2, 0.25) is 0 Å². The second-order valence-electron chi connectivity index (χ2n) is 23.7. The van der Waals surface area contributed by atoms with Crippen molar-refractivity contribution in [2.45, 2.75) is 0 Å². The number of hydrogen-bond donors (Lipinski definition) is 0. The van der Waals surface area contributed by atoms with Gasteiger partial charge in [0, 0.05) is 80.1 Å². The maximum atomic E-state index is 5.02. The van der Waals surface area contributed by atoms with E-state index < -0.39 is 0 Å². The topological polar surface area (TPSA) is 79.2 Å². The molecule has 0 amide bonds. The highest BCUT2D eigenvalue weighted by atomic mass is 15.1. The van der Waals surface area contributed by atoms with Crippen LogP contribution in [-0.2, 0) is 0 Å². The van der Waals surface area contributed by atoms with E-state index in [9.17, 15) is 0 Å². The number of rotatable bonds is 10. The first-order chi connectivity index (χ1) is 46.1. The van der Waals surface area contributed by atoms with Crippen LogP contribution in [0.1, 0.15) is 0 Å². The summed E-state index contributed by atoms with van der Waals surface area (Å²) in [6.45, 7) is 0. The smallest absolute Gasteiger partial charge is 0.145 e. The van der Waals surface area contributed by atoms with E-state index in [1.807, 2.05) is 73.1 Å². The third-order valence-electron chi connectivity index (χ3n) is 18.3. The van der Waals surface area contributed by atoms with Crippen LogP contribution >= 0.6 is 0 Å². The van der Waals surface area contributed by atoms with Crippen LogP contribution in [0.4, 0.5) is 0 Å². The van der Waals surface area contributed by atoms with E-state index in [2.05, 4.69) is 266 Å². The SMILES string of the molecule is c1ccc(-c2ccc(-c3cc(-c4ccc(-n5c6cccc7ccc8cccc5c8c76)cc4)cc(-c4ccc(-c5ccccn5)nc4)c3)cn2)nc1.c1ccc(-n2c(-c3ccc(-c4ccc(-n5c6cccc7ccc8cccc5c8c76)cc4)cc3)nc3ccccc32)cc1. The summed E-state index contributed by atoms with van der Waals surface area (Å²) in [5.74, 6) is 0.946. The molecule has 0 fully saturated rings. The van der Waals surface area contributed by atoms with Crippen LogP contribution in [0.25, 0.3) is 172 Å². The first kappa shape index (κ1) is 53.4. The molecule has 0 radical (unpaired) electrons. The van der Waals surface area contributed by atoms with Crippen LogP contribution in [0.15, 0.2) is 328 Å². The van der Waals surface area contributed by atoms with Gasteiger partial charge in [-0.25, -0.2) is 4.98 Å². The molecule has 8 nitrogen and oxygen atoms in total. The lowest BCUT2D eigenvalue weighted by Crippen LogP contribution is -1.97. The molecule has 0 aliphatic rings. The Balaban J connectivity index is 0.000000139. The molecule has 7 aromatic heterocycles. The van der Waals surface area contributed by atoms with Crippen molar-refractivity contribution in [2.24, 2.45) is 0 Å². The van der Waals surface area contributed by atoms with Gasteiger partial charge in [-0.15, -0.1) is 0 Å². The summed E-state index contributed by atoms with van der Waals surface area (Å²) in [6.07, 6.45) is 7.46. The number of imidazole rings is 1. The van der Waals surface area contributed by atoms with Crippen LogP contribution in [-0.4, -0.2) is 38.6 Å². The van der Waals surface area contributed by atoms with E-state index in [0.717, 1.165) is 90.0 Å². The normalized spacial score (nSPS) is 11.7. The van der Waals surface area contributed by atoms with E-state index in [4.69, 9.17) is 15.0 Å². The number of para-hydroxylation sites is 3. The fraction of sp³-hybridized carbons (Fsp3) is 0. The zero-order valence-corrected chi connectivity index (χ0v) is 50.3. The molecule has 0 atom stereocenters. The van der Waals surface area contributed by atoms with Gasteiger partial charge in [0.1, 0.15) is 5.82 Å². The molecule has 434 valence electrons. The van der Waals surface area contributed by atoms with Crippen molar-refractivity contribution in [2.75, 3.05) is 0 Å². The number of hydrogen-bond acceptors (Lipinski definition) is 5. The van der Waals surface area contributed by atoms with Crippen LogP contribution in [0.3, 0.4) is 0 Å². The highest BCUT2D eigenvalue weighted by Crippen LogP contribution is 2.42. The number of aromatic nitrogens is 8. The number of pyridine rings is 4. The summed E-state index contributed by atoms with van der Waals surface area (Å²) in [6, 6.07) is 107. The zero-order valence-electron chi connectivity index (χ0n) is 50.3. The molecule has 0 bridgehead atoms. The van der Waals surface area contributed by atoms with Crippen LogP contribution < -0.4 is 0 Å². The van der Waals surface area contributed by atoms with Gasteiger partial charge in [0.05, 0.1) is 55.9 Å². The van der Waals surface area contributed by atoms with Gasteiger partial charge in [0.15, 0.2) is 0 Å². The number of benzene rings is 12. The standard InChI is InChI=1S/C46H29N5.C39H25N3/c1-3-23-47-39(9-1)41-21-17-33(28-49-41)36-25-35(26-37(27-36)34-18-22-42(50-29-34)40-10-2-4-24-48-40)30-15-19-38(20-16-30)51-43-11-5-7-31-13-14-32-8-6-12-44(51)46(32)45(31)43;1-2-10-31(11-3-1)42-34-13-5-4-12-33(34)40-39(42)30-20-16-26(17-21-30)27-22-24-32(25-23-27)41-35-14-6-8-28-18-19-29-9-7-15-36(41)38(29)37(28)35/h1-29H;1-25H. The molecule has 19 rings (SSSR count). The second kappa shape index (κ2) is 22.1. The molecule has 0 saturated carbocycles. The van der Waals surface area contributed by atoms with Gasteiger partial charge in [0.25, 0.3) is 0 Å². The average molecular weight is 1190 g/mol. The molecule has 8 heteroatoms. The highest BCUT2D eigenvalue weighted by molar-refractivity contribution is 6.25. The molecule has 0 N–H and O–H groups in total. The van der Waals surface area contributed by atoms with E-state index in [-0.39, 0.29) is 0 Å². The summed E-state index contributed by atoms with van der Waals surface area (Å²) in [7, 11) is 0. The number of nitrogens with zero attached hydrogens (tertiary/aromatic N) is 8. The lowest BCUT2D eigenvalue weighted by atomic mass is 9.94. The van der Waals surface area contributed by atoms with Gasteiger partial charge >= 0.3 is 0 Å². The average Bonchev–Trinajstić information content (AvgIpc) is 1.59. The quantitative estimate of drug-likeness (QED) is 0.128. The molecule has 0 spiro atoms. The molecular weight excluding hydrogens is 1130 g/mol.